The summed E-state index contributed by atoms with van der Waals surface area (Å²) in [5.41, 5.74) is 1.22. The van der Waals surface area contributed by atoms with Crippen molar-refractivity contribution >= 4 is 29.1 Å². The Morgan fingerprint density at radius 2 is 2.12 bits per heavy atom. The minimum absolute atomic E-state index is 0.000198. The standard InChI is InChI=1S/C17H21N3O4/c1-10(2)5-6-20-16(22)8-13(17(20)23)18-11-3-4-14-12(7-11)19-15(21)9-24-14/h3-4,7,10,13,18H,5-6,8-9H2,1-2H3,(H,19,21)/t13-/m0/s1. The third-order valence-corrected chi connectivity index (χ3v) is 4.13. The van der Waals surface area contributed by atoms with Gasteiger partial charge in [-0.3, -0.25) is 19.3 Å². The number of ether oxygens (including phenoxy) is 1. The third kappa shape index (κ3) is 3.34. The molecule has 0 spiro atoms. The van der Waals surface area contributed by atoms with Crippen LogP contribution in [-0.2, 0) is 14.4 Å². The lowest BCUT2D eigenvalue weighted by Crippen LogP contribution is -2.36. The number of rotatable bonds is 5. The lowest BCUT2D eigenvalue weighted by molar-refractivity contribution is -0.138. The Bertz CT molecular complexity index is 686. The summed E-state index contributed by atoms with van der Waals surface area (Å²) in [5.74, 6) is 0.465. The van der Waals surface area contributed by atoms with Gasteiger partial charge in [-0.1, -0.05) is 13.8 Å². The van der Waals surface area contributed by atoms with Crippen LogP contribution < -0.4 is 15.4 Å². The molecule has 1 atom stereocenters. The Morgan fingerprint density at radius 1 is 1.33 bits per heavy atom. The molecule has 0 aromatic heterocycles. The lowest BCUT2D eigenvalue weighted by atomic mass is 10.1. The second kappa shape index (κ2) is 6.51. The van der Waals surface area contributed by atoms with E-state index in [0.29, 0.717) is 29.6 Å². The van der Waals surface area contributed by atoms with E-state index in [-0.39, 0.29) is 30.7 Å². The highest BCUT2D eigenvalue weighted by Crippen LogP contribution is 2.31. The topological polar surface area (TPSA) is 87.7 Å². The first kappa shape index (κ1) is 16.3. The van der Waals surface area contributed by atoms with E-state index < -0.39 is 6.04 Å². The molecule has 3 rings (SSSR count). The van der Waals surface area contributed by atoms with Crippen LogP contribution in [0.2, 0.25) is 0 Å². The van der Waals surface area contributed by atoms with E-state index in [9.17, 15) is 14.4 Å². The molecule has 2 aliphatic rings. The SMILES string of the molecule is CC(C)CCN1C(=O)C[C@H](Nc2ccc3c(c2)NC(=O)CO3)C1=O. The molecule has 1 aromatic rings. The molecule has 7 heteroatoms. The number of nitrogens with one attached hydrogen (secondary N) is 2. The van der Waals surface area contributed by atoms with Crippen molar-refractivity contribution in [1.82, 2.24) is 4.90 Å². The van der Waals surface area contributed by atoms with E-state index in [4.69, 9.17) is 4.74 Å². The summed E-state index contributed by atoms with van der Waals surface area (Å²) < 4.78 is 5.30. The number of fused-ring (bicyclic) bond motifs is 1. The van der Waals surface area contributed by atoms with Crippen molar-refractivity contribution in [1.29, 1.82) is 0 Å². The average Bonchev–Trinajstić information content (AvgIpc) is 2.79. The highest BCUT2D eigenvalue weighted by atomic mass is 16.5. The molecule has 2 N–H and O–H groups in total. The third-order valence-electron chi connectivity index (χ3n) is 4.13. The molecule has 128 valence electrons. The quantitative estimate of drug-likeness (QED) is 0.800. The summed E-state index contributed by atoms with van der Waals surface area (Å²) in [5, 5.41) is 5.81. The Kier molecular flexibility index (Phi) is 4.42. The van der Waals surface area contributed by atoms with Crippen molar-refractivity contribution in [3.8, 4) is 5.75 Å². The summed E-state index contributed by atoms with van der Waals surface area (Å²) in [6.45, 7) is 4.58. The van der Waals surface area contributed by atoms with Crippen molar-refractivity contribution in [3.05, 3.63) is 18.2 Å². The van der Waals surface area contributed by atoms with Gasteiger partial charge in [-0.2, -0.15) is 0 Å². The van der Waals surface area contributed by atoms with Gasteiger partial charge in [0.05, 0.1) is 12.1 Å². The minimum atomic E-state index is -0.567. The molecule has 2 aliphatic heterocycles. The number of imide groups is 1. The highest BCUT2D eigenvalue weighted by molar-refractivity contribution is 6.07. The van der Waals surface area contributed by atoms with Crippen LogP contribution in [0.25, 0.3) is 0 Å². The Hall–Kier alpha value is -2.57. The van der Waals surface area contributed by atoms with Crippen LogP contribution >= 0.6 is 0 Å². The van der Waals surface area contributed by atoms with Crippen LogP contribution in [0.4, 0.5) is 11.4 Å². The number of carbonyl (C=O) groups excluding carboxylic acids is 3. The number of anilines is 2. The van der Waals surface area contributed by atoms with Gasteiger partial charge in [0.25, 0.3) is 11.8 Å². The van der Waals surface area contributed by atoms with Gasteiger partial charge in [0.1, 0.15) is 11.8 Å². The van der Waals surface area contributed by atoms with Gasteiger partial charge >= 0.3 is 0 Å². The smallest absolute Gasteiger partial charge is 0.262 e. The van der Waals surface area contributed by atoms with E-state index in [0.717, 1.165) is 6.42 Å². The van der Waals surface area contributed by atoms with Crippen LogP contribution in [0.5, 0.6) is 5.75 Å². The fourth-order valence-electron chi connectivity index (χ4n) is 2.79. The Morgan fingerprint density at radius 3 is 2.88 bits per heavy atom. The molecular formula is C17H21N3O4. The van der Waals surface area contributed by atoms with E-state index in [1.807, 2.05) is 0 Å². The number of likely N-dealkylation sites (tertiary alicyclic amines) is 1. The summed E-state index contributed by atoms with van der Waals surface area (Å²) >= 11 is 0. The Labute approximate surface area is 140 Å². The number of benzene rings is 1. The average molecular weight is 331 g/mol. The summed E-state index contributed by atoms with van der Waals surface area (Å²) in [6, 6.07) is 4.64. The second-order valence-electron chi connectivity index (χ2n) is 6.51. The number of hydrogen-bond donors (Lipinski definition) is 2. The fourth-order valence-corrected chi connectivity index (χ4v) is 2.79. The molecule has 1 saturated heterocycles. The highest BCUT2D eigenvalue weighted by Gasteiger charge is 2.38. The van der Waals surface area contributed by atoms with Gasteiger partial charge in [-0.15, -0.1) is 0 Å². The maximum absolute atomic E-state index is 12.4. The maximum Gasteiger partial charge on any atom is 0.262 e. The van der Waals surface area contributed by atoms with Gasteiger partial charge in [0.2, 0.25) is 5.91 Å². The predicted octanol–water partition coefficient (Wildman–Crippen LogP) is 1.60. The zero-order valence-electron chi connectivity index (χ0n) is 13.8. The molecule has 1 aromatic carbocycles. The first-order chi connectivity index (χ1) is 11.4. The zero-order valence-corrected chi connectivity index (χ0v) is 13.8. The van der Waals surface area contributed by atoms with Crippen LogP contribution in [0.1, 0.15) is 26.7 Å². The van der Waals surface area contributed by atoms with Gasteiger partial charge in [-0.25, -0.2) is 0 Å². The maximum atomic E-state index is 12.4. The minimum Gasteiger partial charge on any atom is -0.482 e. The number of amides is 3. The van der Waals surface area contributed by atoms with Crippen molar-refractivity contribution in [2.45, 2.75) is 32.7 Å². The lowest BCUT2D eigenvalue weighted by Gasteiger charge is -2.20. The molecule has 24 heavy (non-hydrogen) atoms. The normalized spacial score (nSPS) is 20.0. The summed E-state index contributed by atoms with van der Waals surface area (Å²) in [6.07, 6.45) is 0.948. The van der Waals surface area contributed by atoms with Gasteiger partial charge < -0.3 is 15.4 Å². The second-order valence-corrected chi connectivity index (χ2v) is 6.51. The number of hydrogen-bond acceptors (Lipinski definition) is 5. The molecule has 0 radical (unpaired) electrons. The molecule has 2 heterocycles. The molecular weight excluding hydrogens is 310 g/mol. The van der Waals surface area contributed by atoms with Crippen molar-refractivity contribution in [3.63, 3.8) is 0 Å². The fraction of sp³-hybridized carbons (Fsp3) is 0.471. The molecule has 0 unspecified atom stereocenters. The molecule has 0 saturated carbocycles. The molecule has 7 nitrogen and oxygen atoms in total. The Balaban J connectivity index is 1.68. The molecule has 0 aliphatic carbocycles. The number of nitrogens with zero attached hydrogens (tertiary/aromatic N) is 1. The van der Waals surface area contributed by atoms with Gasteiger partial charge in [0, 0.05) is 12.2 Å². The monoisotopic (exact) mass is 331 g/mol. The first-order valence-corrected chi connectivity index (χ1v) is 8.11. The molecule has 1 fully saturated rings. The summed E-state index contributed by atoms with van der Waals surface area (Å²) in [7, 11) is 0. The van der Waals surface area contributed by atoms with Gasteiger partial charge in [-0.05, 0) is 30.5 Å². The van der Waals surface area contributed by atoms with E-state index >= 15 is 0 Å². The van der Waals surface area contributed by atoms with Crippen LogP contribution in [0.3, 0.4) is 0 Å². The van der Waals surface area contributed by atoms with Crippen LogP contribution in [-0.4, -0.2) is 41.8 Å². The molecule has 0 bridgehead atoms. The first-order valence-electron chi connectivity index (χ1n) is 8.11. The number of carbonyl (C=O) groups is 3. The largest absolute Gasteiger partial charge is 0.482 e. The predicted molar refractivity (Wildman–Crippen MR) is 88.8 cm³/mol. The van der Waals surface area contributed by atoms with Crippen molar-refractivity contribution < 1.29 is 19.1 Å². The summed E-state index contributed by atoms with van der Waals surface area (Å²) in [4.78, 5) is 37.2. The van der Waals surface area contributed by atoms with Crippen molar-refractivity contribution in [2.75, 3.05) is 23.8 Å². The van der Waals surface area contributed by atoms with E-state index in [2.05, 4.69) is 24.5 Å². The van der Waals surface area contributed by atoms with Gasteiger partial charge in [0.15, 0.2) is 6.61 Å². The van der Waals surface area contributed by atoms with Crippen LogP contribution in [0, 0.1) is 5.92 Å². The zero-order chi connectivity index (χ0) is 17.3. The molecule has 3 amide bonds. The van der Waals surface area contributed by atoms with E-state index in [1.165, 1.54) is 4.90 Å². The van der Waals surface area contributed by atoms with Crippen molar-refractivity contribution in [2.24, 2.45) is 5.92 Å². The van der Waals surface area contributed by atoms with E-state index in [1.54, 1.807) is 18.2 Å². The van der Waals surface area contributed by atoms with Crippen LogP contribution in [0.15, 0.2) is 18.2 Å².